The minimum absolute atomic E-state index is 0.133. The van der Waals surface area contributed by atoms with Gasteiger partial charge in [-0.15, -0.1) is 0 Å². The van der Waals surface area contributed by atoms with Crippen LogP contribution in [0.4, 0.5) is 0 Å². The lowest BCUT2D eigenvalue weighted by molar-refractivity contribution is -0.116. The Labute approximate surface area is 130 Å². The Hall–Kier alpha value is -2.80. The summed E-state index contributed by atoms with van der Waals surface area (Å²) in [6, 6.07) is 13.2. The number of hydrogen-bond acceptors (Lipinski definition) is 3. The van der Waals surface area contributed by atoms with Crippen LogP contribution in [0, 0.1) is 11.8 Å². The Balaban J connectivity index is 1.99. The molecule has 1 aromatic heterocycles. The van der Waals surface area contributed by atoms with E-state index in [9.17, 15) is 4.79 Å². The van der Waals surface area contributed by atoms with Crippen molar-refractivity contribution >= 4 is 5.91 Å². The van der Waals surface area contributed by atoms with Gasteiger partial charge in [0.1, 0.15) is 12.4 Å². The molecule has 112 valence electrons. The van der Waals surface area contributed by atoms with Crippen LogP contribution in [0.15, 0.2) is 48.7 Å². The van der Waals surface area contributed by atoms with E-state index in [2.05, 4.69) is 22.1 Å². The fourth-order valence-electron chi connectivity index (χ4n) is 1.94. The van der Waals surface area contributed by atoms with Crippen molar-refractivity contribution in [3.05, 3.63) is 59.9 Å². The highest BCUT2D eigenvalue weighted by atomic mass is 16.5. The monoisotopic (exact) mass is 294 g/mol. The maximum absolute atomic E-state index is 11.5. The SMILES string of the molecule is CC#CC(=O)NC(C)c1cccc(OCc2ccccn2)c1. The van der Waals surface area contributed by atoms with Gasteiger partial charge in [0.05, 0.1) is 11.7 Å². The highest BCUT2D eigenvalue weighted by molar-refractivity contribution is 5.93. The largest absolute Gasteiger partial charge is 0.487 e. The molecule has 0 fully saturated rings. The fourth-order valence-corrected chi connectivity index (χ4v) is 1.94. The fraction of sp³-hybridized carbons (Fsp3) is 0.222. The molecule has 4 heteroatoms. The molecule has 1 N–H and O–H groups in total. The molecule has 1 heterocycles. The first kappa shape index (κ1) is 15.6. The van der Waals surface area contributed by atoms with Gasteiger partial charge in [-0.3, -0.25) is 9.78 Å². The maximum atomic E-state index is 11.5. The second-order valence-electron chi connectivity index (χ2n) is 4.75. The standard InChI is InChI=1S/C18H18N2O2/c1-3-7-18(21)20-14(2)15-8-6-10-17(12-15)22-13-16-9-4-5-11-19-16/h4-6,8-12,14H,13H2,1-2H3,(H,20,21). The Morgan fingerprint density at radius 3 is 2.91 bits per heavy atom. The normalized spacial score (nSPS) is 11.0. The first-order chi connectivity index (χ1) is 10.7. The number of pyridine rings is 1. The van der Waals surface area contributed by atoms with Crippen molar-refractivity contribution in [2.45, 2.75) is 26.5 Å². The summed E-state index contributed by atoms with van der Waals surface area (Å²) in [6.45, 7) is 3.95. The van der Waals surface area contributed by atoms with Crippen molar-refractivity contribution in [1.29, 1.82) is 0 Å². The number of rotatable bonds is 5. The molecular weight excluding hydrogens is 276 g/mol. The summed E-state index contributed by atoms with van der Waals surface area (Å²) in [5.74, 6) is 5.51. The highest BCUT2D eigenvalue weighted by Crippen LogP contribution is 2.19. The van der Waals surface area contributed by atoms with Crippen molar-refractivity contribution in [3.63, 3.8) is 0 Å². The van der Waals surface area contributed by atoms with Crippen LogP contribution < -0.4 is 10.1 Å². The average molecular weight is 294 g/mol. The molecule has 2 rings (SSSR count). The van der Waals surface area contributed by atoms with Crippen LogP contribution in [-0.2, 0) is 11.4 Å². The van der Waals surface area contributed by atoms with Crippen molar-refractivity contribution in [2.24, 2.45) is 0 Å². The average Bonchev–Trinajstić information content (AvgIpc) is 2.54. The molecule has 1 atom stereocenters. The minimum atomic E-state index is -0.283. The molecule has 0 radical (unpaired) electrons. The molecule has 0 aliphatic carbocycles. The lowest BCUT2D eigenvalue weighted by Gasteiger charge is -2.14. The number of ether oxygens (including phenoxy) is 1. The van der Waals surface area contributed by atoms with Crippen molar-refractivity contribution < 1.29 is 9.53 Å². The van der Waals surface area contributed by atoms with Gasteiger partial charge in [0.2, 0.25) is 0 Å². The maximum Gasteiger partial charge on any atom is 0.296 e. The van der Waals surface area contributed by atoms with E-state index in [4.69, 9.17) is 4.74 Å². The molecular formula is C18H18N2O2. The first-order valence-corrected chi connectivity index (χ1v) is 7.05. The lowest BCUT2D eigenvalue weighted by atomic mass is 10.1. The third kappa shape index (κ3) is 4.64. The number of nitrogens with one attached hydrogen (secondary N) is 1. The van der Waals surface area contributed by atoms with Gasteiger partial charge in [-0.2, -0.15) is 0 Å². The topological polar surface area (TPSA) is 51.2 Å². The molecule has 0 bridgehead atoms. The number of carbonyl (C=O) groups is 1. The van der Waals surface area contributed by atoms with Crippen LogP contribution >= 0.6 is 0 Å². The molecule has 1 aromatic carbocycles. The van der Waals surface area contributed by atoms with Crippen molar-refractivity contribution in [1.82, 2.24) is 10.3 Å². The molecule has 0 saturated heterocycles. The number of benzene rings is 1. The molecule has 1 unspecified atom stereocenters. The quantitative estimate of drug-likeness (QED) is 0.863. The van der Waals surface area contributed by atoms with E-state index < -0.39 is 0 Å². The first-order valence-electron chi connectivity index (χ1n) is 7.05. The smallest absolute Gasteiger partial charge is 0.296 e. The van der Waals surface area contributed by atoms with Crippen LogP contribution in [0.25, 0.3) is 0 Å². The summed E-state index contributed by atoms with van der Waals surface area (Å²) in [5, 5.41) is 2.82. The summed E-state index contributed by atoms with van der Waals surface area (Å²) in [7, 11) is 0. The van der Waals surface area contributed by atoms with Crippen LogP contribution in [0.2, 0.25) is 0 Å². The Kier molecular flexibility index (Phi) is 5.56. The van der Waals surface area contributed by atoms with Gasteiger partial charge in [-0.05, 0) is 49.6 Å². The molecule has 1 amide bonds. The summed E-state index contributed by atoms with van der Waals surface area (Å²) in [6.07, 6.45) is 1.74. The molecule has 22 heavy (non-hydrogen) atoms. The molecule has 0 spiro atoms. The van der Waals surface area contributed by atoms with Crippen molar-refractivity contribution in [2.75, 3.05) is 0 Å². The molecule has 0 aliphatic rings. The van der Waals surface area contributed by atoms with Gasteiger partial charge >= 0.3 is 0 Å². The Morgan fingerprint density at radius 1 is 1.32 bits per heavy atom. The number of amides is 1. The molecule has 0 aliphatic heterocycles. The van der Waals surface area contributed by atoms with Gasteiger partial charge in [-0.1, -0.05) is 24.1 Å². The number of nitrogens with zero attached hydrogens (tertiary/aromatic N) is 1. The zero-order chi connectivity index (χ0) is 15.8. The zero-order valence-corrected chi connectivity index (χ0v) is 12.7. The van der Waals surface area contributed by atoms with Crippen LogP contribution in [0.5, 0.6) is 5.75 Å². The molecule has 0 saturated carbocycles. The van der Waals surface area contributed by atoms with E-state index in [1.807, 2.05) is 49.4 Å². The van der Waals surface area contributed by atoms with Gasteiger partial charge in [0.15, 0.2) is 0 Å². The molecule has 2 aromatic rings. The summed E-state index contributed by atoms with van der Waals surface area (Å²) >= 11 is 0. The van der Waals surface area contributed by atoms with E-state index in [0.717, 1.165) is 17.0 Å². The third-order valence-corrected chi connectivity index (χ3v) is 3.06. The van der Waals surface area contributed by atoms with Crippen LogP contribution in [-0.4, -0.2) is 10.9 Å². The van der Waals surface area contributed by atoms with Gasteiger partial charge in [0.25, 0.3) is 5.91 Å². The number of aromatic nitrogens is 1. The highest BCUT2D eigenvalue weighted by Gasteiger charge is 2.08. The molecule has 4 nitrogen and oxygen atoms in total. The summed E-state index contributed by atoms with van der Waals surface area (Å²) in [5.41, 5.74) is 1.83. The summed E-state index contributed by atoms with van der Waals surface area (Å²) in [4.78, 5) is 15.7. The Morgan fingerprint density at radius 2 is 2.18 bits per heavy atom. The van der Waals surface area contributed by atoms with Gasteiger partial charge in [-0.25, -0.2) is 0 Å². The zero-order valence-electron chi connectivity index (χ0n) is 12.7. The van der Waals surface area contributed by atoms with Gasteiger partial charge in [0, 0.05) is 6.20 Å². The second-order valence-corrected chi connectivity index (χ2v) is 4.75. The van der Waals surface area contributed by atoms with E-state index >= 15 is 0 Å². The van der Waals surface area contributed by atoms with E-state index in [1.54, 1.807) is 13.1 Å². The lowest BCUT2D eigenvalue weighted by Crippen LogP contribution is -2.25. The Bertz CT molecular complexity index is 687. The summed E-state index contributed by atoms with van der Waals surface area (Å²) < 4.78 is 5.73. The van der Waals surface area contributed by atoms with E-state index in [1.165, 1.54) is 0 Å². The predicted molar refractivity (Wildman–Crippen MR) is 85.0 cm³/mol. The van der Waals surface area contributed by atoms with E-state index in [0.29, 0.717) is 6.61 Å². The number of hydrogen-bond donors (Lipinski definition) is 1. The van der Waals surface area contributed by atoms with Crippen molar-refractivity contribution in [3.8, 4) is 17.6 Å². The minimum Gasteiger partial charge on any atom is -0.487 e. The van der Waals surface area contributed by atoms with Crippen LogP contribution in [0.3, 0.4) is 0 Å². The van der Waals surface area contributed by atoms with E-state index in [-0.39, 0.29) is 11.9 Å². The second kappa shape index (κ2) is 7.84. The van der Waals surface area contributed by atoms with Crippen LogP contribution in [0.1, 0.15) is 31.1 Å². The van der Waals surface area contributed by atoms with Gasteiger partial charge < -0.3 is 10.1 Å². The third-order valence-electron chi connectivity index (χ3n) is 3.06. The number of carbonyl (C=O) groups excluding carboxylic acids is 1. The predicted octanol–water partition coefficient (Wildman–Crippen LogP) is 2.86.